The minimum Gasteiger partial charge on any atom is -0.399 e. The van der Waals surface area contributed by atoms with Gasteiger partial charge >= 0.3 is 0 Å². The molecule has 0 saturated heterocycles. The number of rotatable bonds is 4. The van der Waals surface area contributed by atoms with E-state index in [4.69, 9.17) is 5.73 Å². The number of H-pyrrole nitrogens is 1. The molecule has 19 heavy (non-hydrogen) atoms. The van der Waals surface area contributed by atoms with E-state index in [0.717, 1.165) is 5.56 Å². The lowest BCUT2D eigenvalue weighted by atomic mass is 10.2. The molecule has 2 rings (SSSR count). The van der Waals surface area contributed by atoms with Crippen molar-refractivity contribution in [2.75, 3.05) is 10.5 Å². The number of hydrogen-bond donors (Lipinski definition) is 3. The second-order valence-corrected chi connectivity index (χ2v) is 5.91. The van der Waals surface area contributed by atoms with Crippen LogP contribution in [0.2, 0.25) is 0 Å². The number of anilines is 2. The summed E-state index contributed by atoms with van der Waals surface area (Å²) < 4.78 is 27.2. The highest BCUT2D eigenvalue weighted by Crippen LogP contribution is 2.22. The fourth-order valence-electron chi connectivity index (χ4n) is 1.76. The first-order valence-corrected chi connectivity index (χ1v) is 7.33. The topological polar surface area (TPSA) is 101 Å². The van der Waals surface area contributed by atoms with Crippen molar-refractivity contribution < 1.29 is 8.42 Å². The monoisotopic (exact) mass is 280 g/mol. The summed E-state index contributed by atoms with van der Waals surface area (Å²) in [5.41, 5.74) is 7.50. The van der Waals surface area contributed by atoms with E-state index >= 15 is 0 Å². The van der Waals surface area contributed by atoms with E-state index in [0.29, 0.717) is 23.5 Å². The van der Waals surface area contributed by atoms with Crippen LogP contribution >= 0.6 is 0 Å². The molecule has 2 aromatic rings. The number of nitrogens with two attached hydrogens (primary N) is 1. The van der Waals surface area contributed by atoms with E-state index in [9.17, 15) is 8.42 Å². The molecule has 0 unspecified atom stereocenters. The molecule has 0 bridgehead atoms. The third kappa shape index (κ3) is 2.70. The highest BCUT2D eigenvalue weighted by atomic mass is 32.2. The number of nitrogen functional groups attached to an aromatic ring is 1. The second-order valence-electron chi connectivity index (χ2n) is 4.25. The molecule has 7 heteroatoms. The van der Waals surface area contributed by atoms with Crippen LogP contribution in [0.4, 0.5) is 11.5 Å². The van der Waals surface area contributed by atoms with Crippen LogP contribution in [0.15, 0.2) is 29.3 Å². The van der Waals surface area contributed by atoms with Crippen molar-refractivity contribution in [3.8, 4) is 0 Å². The van der Waals surface area contributed by atoms with Crippen LogP contribution in [0.5, 0.6) is 0 Å². The largest absolute Gasteiger partial charge is 0.399 e. The number of nitrogens with zero attached hydrogens (tertiary/aromatic N) is 1. The van der Waals surface area contributed by atoms with Crippen LogP contribution in [0.1, 0.15) is 18.1 Å². The van der Waals surface area contributed by atoms with Gasteiger partial charge in [-0.05, 0) is 31.0 Å². The lowest BCUT2D eigenvalue weighted by Gasteiger charge is -2.10. The Morgan fingerprint density at radius 1 is 1.42 bits per heavy atom. The normalized spacial score (nSPS) is 11.5. The highest BCUT2D eigenvalue weighted by Gasteiger charge is 2.19. The Kier molecular flexibility index (Phi) is 3.48. The molecule has 0 radical (unpaired) electrons. The van der Waals surface area contributed by atoms with Crippen molar-refractivity contribution in [1.82, 2.24) is 10.2 Å². The molecule has 0 aliphatic heterocycles. The van der Waals surface area contributed by atoms with Gasteiger partial charge in [0, 0.05) is 11.3 Å². The van der Waals surface area contributed by atoms with Gasteiger partial charge in [0.15, 0.2) is 0 Å². The van der Waals surface area contributed by atoms with E-state index in [1.165, 1.54) is 6.07 Å². The van der Waals surface area contributed by atoms with Gasteiger partial charge in [-0.15, -0.1) is 0 Å². The third-order valence-corrected chi connectivity index (χ3v) is 4.33. The molecule has 6 nitrogen and oxygen atoms in total. The number of nitrogens with one attached hydrogen (secondary N) is 2. The van der Waals surface area contributed by atoms with Gasteiger partial charge in [-0.3, -0.25) is 9.82 Å². The smallest absolute Gasteiger partial charge is 0.263 e. The molecule has 1 aromatic carbocycles. The number of hydrogen-bond acceptors (Lipinski definition) is 4. The Hall–Kier alpha value is -2.02. The Morgan fingerprint density at radius 2 is 2.16 bits per heavy atom. The number of aromatic nitrogens is 2. The van der Waals surface area contributed by atoms with Gasteiger partial charge in [-0.25, -0.2) is 8.42 Å². The Morgan fingerprint density at radius 3 is 2.84 bits per heavy atom. The summed E-state index contributed by atoms with van der Waals surface area (Å²) in [5.74, 6) is 0.393. The van der Waals surface area contributed by atoms with Crippen LogP contribution in [0.25, 0.3) is 0 Å². The fraction of sp³-hybridized carbons (Fsp3) is 0.250. The summed E-state index contributed by atoms with van der Waals surface area (Å²) in [6.45, 7) is 3.65. The van der Waals surface area contributed by atoms with Crippen LogP contribution < -0.4 is 10.5 Å². The number of aryl methyl sites for hydroxylation is 2. The van der Waals surface area contributed by atoms with Gasteiger partial charge in [0.1, 0.15) is 5.82 Å². The summed E-state index contributed by atoms with van der Waals surface area (Å²) in [6.07, 6.45) is 2.29. The summed E-state index contributed by atoms with van der Waals surface area (Å²) in [5, 5.41) is 6.48. The molecule has 0 amide bonds. The van der Waals surface area contributed by atoms with Crippen LogP contribution in [-0.2, 0) is 16.4 Å². The zero-order chi connectivity index (χ0) is 14.0. The van der Waals surface area contributed by atoms with Crippen LogP contribution in [0.3, 0.4) is 0 Å². The Bertz CT molecular complexity index is 692. The number of benzene rings is 1. The zero-order valence-corrected chi connectivity index (χ0v) is 11.6. The molecule has 0 fully saturated rings. The average molecular weight is 280 g/mol. The predicted molar refractivity (Wildman–Crippen MR) is 74.4 cm³/mol. The molecular formula is C12H16N4O2S. The maximum absolute atomic E-state index is 12.3. The van der Waals surface area contributed by atoms with E-state index < -0.39 is 10.0 Å². The number of aromatic amines is 1. The van der Waals surface area contributed by atoms with Crippen molar-refractivity contribution in [3.05, 3.63) is 35.5 Å². The van der Waals surface area contributed by atoms with E-state index in [1.807, 2.05) is 6.92 Å². The minimum atomic E-state index is -3.67. The first-order valence-electron chi connectivity index (χ1n) is 5.85. The fourth-order valence-corrected chi connectivity index (χ4v) is 3.10. The highest BCUT2D eigenvalue weighted by molar-refractivity contribution is 7.92. The van der Waals surface area contributed by atoms with Crippen molar-refractivity contribution >= 4 is 21.5 Å². The number of sulfonamides is 1. The molecule has 0 atom stereocenters. The van der Waals surface area contributed by atoms with E-state index in [1.54, 1.807) is 25.3 Å². The predicted octanol–water partition coefficient (Wildman–Crippen LogP) is 1.66. The van der Waals surface area contributed by atoms with Gasteiger partial charge in [0.05, 0.1) is 11.1 Å². The molecule has 0 saturated carbocycles. The lowest BCUT2D eigenvalue weighted by Crippen LogP contribution is -2.15. The molecule has 0 spiro atoms. The van der Waals surface area contributed by atoms with Gasteiger partial charge < -0.3 is 5.73 Å². The first kappa shape index (κ1) is 13.4. The van der Waals surface area contributed by atoms with Crippen LogP contribution in [-0.4, -0.2) is 18.6 Å². The summed E-state index contributed by atoms with van der Waals surface area (Å²) in [7, 11) is -3.67. The lowest BCUT2D eigenvalue weighted by molar-refractivity contribution is 0.600. The van der Waals surface area contributed by atoms with E-state index in [2.05, 4.69) is 14.9 Å². The van der Waals surface area contributed by atoms with Crippen molar-refractivity contribution in [2.24, 2.45) is 0 Å². The summed E-state index contributed by atoms with van der Waals surface area (Å²) in [6, 6.07) is 4.79. The molecule has 0 aliphatic carbocycles. The maximum Gasteiger partial charge on any atom is 0.263 e. The van der Waals surface area contributed by atoms with Crippen molar-refractivity contribution in [1.29, 1.82) is 0 Å². The molecule has 0 aliphatic rings. The first-order chi connectivity index (χ1) is 8.94. The molecule has 4 N–H and O–H groups in total. The minimum absolute atomic E-state index is 0.171. The van der Waals surface area contributed by atoms with E-state index in [-0.39, 0.29) is 4.90 Å². The average Bonchev–Trinajstić information content (AvgIpc) is 2.78. The van der Waals surface area contributed by atoms with Crippen molar-refractivity contribution in [3.63, 3.8) is 0 Å². The van der Waals surface area contributed by atoms with Crippen LogP contribution in [0, 0.1) is 6.92 Å². The summed E-state index contributed by atoms with van der Waals surface area (Å²) in [4.78, 5) is 0.171. The second kappa shape index (κ2) is 4.93. The third-order valence-electron chi connectivity index (χ3n) is 2.84. The standard InChI is InChI=1S/C12H16N4O2S/c1-3-9-7-14-15-12(9)16-19(17,18)11-6-10(13)5-4-8(11)2/h4-7H,3,13H2,1-2H3,(H2,14,15,16). The van der Waals surface area contributed by atoms with Crippen molar-refractivity contribution in [2.45, 2.75) is 25.2 Å². The quantitative estimate of drug-likeness (QED) is 0.741. The Balaban J connectivity index is 2.41. The van der Waals surface area contributed by atoms with Gasteiger partial charge in [0.2, 0.25) is 0 Å². The zero-order valence-electron chi connectivity index (χ0n) is 10.8. The molecule has 102 valence electrons. The van der Waals surface area contributed by atoms with Gasteiger partial charge in [-0.2, -0.15) is 5.10 Å². The molecular weight excluding hydrogens is 264 g/mol. The Labute approximate surface area is 112 Å². The van der Waals surface area contributed by atoms with Gasteiger partial charge in [0.25, 0.3) is 10.0 Å². The SMILES string of the molecule is CCc1cn[nH]c1NS(=O)(=O)c1cc(N)ccc1C. The van der Waals surface area contributed by atoms with Gasteiger partial charge in [-0.1, -0.05) is 13.0 Å². The molecule has 1 aromatic heterocycles. The molecule has 1 heterocycles. The maximum atomic E-state index is 12.3. The summed E-state index contributed by atoms with van der Waals surface area (Å²) >= 11 is 0.